The van der Waals surface area contributed by atoms with Crippen LogP contribution in [0.25, 0.3) is 10.2 Å². The van der Waals surface area contributed by atoms with Crippen molar-refractivity contribution < 1.29 is 24.2 Å². The topological polar surface area (TPSA) is 119 Å². The first-order valence-electron chi connectivity index (χ1n) is 10.5. The van der Waals surface area contributed by atoms with Crippen molar-refractivity contribution in [2.75, 3.05) is 7.11 Å². The first-order chi connectivity index (χ1) is 16.4. The van der Waals surface area contributed by atoms with Gasteiger partial charge in [0.25, 0.3) is 5.56 Å². The van der Waals surface area contributed by atoms with E-state index in [0.29, 0.717) is 33.5 Å². The average molecular weight is 479 g/mol. The first-order valence-corrected chi connectivity index (χ1v) is 11.4. The molecule has 2 N–H and O–H groups in total. The van der Waals surface area contributed by atoms with Crippen molar-refractivity contribution >= 4 is 33.3 Å². The number of carboxylic acids is 1. The maximum Gasteiger partial charge on any atom is 0.307 e. The minimum atomic E-state index is -0.900. The van der Waals surface area contributed by atoms with Crippen LogP contribution in [0.1, 0.15) is 33.7 Å². The molecule has 0 aliphatic carbocycles. The second-order valence-electron chi connectivity index (χ2n) is 7.63. The van der Waals surface area contributed by atoms with Crippen molar-refractivity contribution in [2.24, 2.45) is 0 Å². The molecule has 0 atom stereocenters. The third kappa shape index (κ3) is 5.49. The number of Topliss-reactive ketones (excluding diaryl/α,β-unsaturated/α-hetero) is 1. The Kier molecular flexibility index (Phi) is 7.03. The Balaban J connectivity index is 1.43. The molecule has 0 aliphatic rings. The van der Waals surface area contributed by atoms with Gasteiger partial charge in [0.15, 0.2) is 11.6 Å². The normalized spacial score (nSPS) is 10.9. The van der Waals surface area contributed by atoms with Gasteiger partial charge in [0.1, 0.15) is 22.9 Å². The number of ketones is 1. The van der Waals surface area contributed by atoms with Crippen LogP contribution in [0.2, 0.25) is 0 Å². The monoisotopic (exact) mass is 478 g/mol. The lowest BCUT2D eigenvalue weighted by atomic mass is 10.1. The molecular formula is C25H22N2O6S. The highest BCUT2D eigenvalue weighted by Gasteiger charge is 2.16. The molecule has 0 saturated heterocycles. The lowest BCUT2D eigenvalue weighted by molar-refractivity contribution is -0.136. The third-order valence-corrected chi connectivity index (χ3v) is 6.15. The number of H-pyrrole nitrogens is 1. The van der Waals surface area contributed by atoms with Crippen LogP contribution in [0.4, 0.5) is 0 Å². The van der Waals surface area contributed by atoms with Gasteiger partial charge in [-0.05, 0) is 41.8 Å². The number of fused-ring (bicyclic) bond motifs is 1. The molecule has 4 aromatic rings. The fourth-order valence-corrected chi connectivity index (χ4v) is 4.41. The Morgan fingerprint density at radius 2 is 1.88 bits per heavy atom. The molecule has 0 radical (unpaired) electrons. The minimum Gasteiger partial charge on any atom is -0.497 e. The quantitative estimate of drug-likeness (QED) is 0.331. The summed E-state index contributed by atoms with van der Waals surface area (Å²) in [5.41, 5.74) is 1.91. The summed E-state index contributed by atoms with van der Waals surface area (Å²) >= 11 is 1.28. The number of methoxy groups -OCH3 is 1. The molecule has 0 amide bonds. The van der Waals surface area contributed by atoms with Gasteiger partial charge >= 0.3 is 5.97 Å². The highest BCUT2D eigenvalue weighted by atomic mass is 32.1. The molecule has 2 aromatic heterocycles. The number of aromatic amines is 1. The van der Waals surface area contributed by atoms with Crippen LogP contribution < -0.4 is 15.0 Å². The number of hydrogen-bond acceptors (Lipinski definition) is 7. The van der Waals surface area contributed by atoms with Crippen LogP contribution in [0.3, 0.4) is 0 Å². The number of aliphatic carboxylic acids is 1. The first kappa shape index (κ1) is 23.2. The Bertz CT molecular complexity index is 1390. The molecule has 0 bridgehead atoms. The van der Waals surface area contributed by atoms with Gasteiger partial charge in [0, 0.05) is 17.4 Å². The number of carboxylic acid groups (broad SMARTS) is 1. The number of aryl methyl sites for hydroxylation is 1. The van der Waals surface area contributed by atoms with E-state index in [0.717, 1.165) is 11.3 Å². The maximum absolute atomic E-state index is 12.7. The number of benzene rings is 2. The third-order valence-electron chi connectivity index (χ3n) is 5.23. The minimum absolute atomic E-state index is 0.0451. The van der Waals surface area contributed by atoms with Crippen LogP contribution in [0.15, 0.2) is 58.7 Å². The summed E-state index contributed by atoms with van der Waals surface area (Å²) in [6.07, 6.45) is 0.657. The van der Waals surface area contributed by atoms with Gasteiger partial charge in [-0.15, -0.1) is 11.3 Å². The summed E-state index contributed by atoms with van der Waals surface area (Å²) < 4.78 is 11.0. The van der Waals surface area contributed by atoms with Crippen molar-refractivity contribution in [3.05, 3.63) is 86.8 Å². The predicted octanol–water partition coefficient (Wildman–Crippen LogP) is 4.01. The predicted molar refractivity (Wildman–Crippen MR) is 128 cm³/mol. The van der Waals surface area contributed by atoms with Gasteiger partial charge < -0.3 is 19.6 Å². The molecular weight excluding hydrogens is 456 g/mol. The molecule has 34 heavy (non-hydrogen) atoms. The molecule has 2 heterocycles. The molecule has 8 nitrogen and oxygen atoms in total. The second kappa shape index (κ2) is 10.3. The van der Waals surface area contributed by atoms with Crippen molar-refractivity contribution in [3.63, 3.8) is 0 Å². The molecule has 0 fully saturated rings. The number of hydrogen-bond donors (Lipinski definition) is 2. The largest absolute Gasteiger partial charge is 0.497 e. The summed E-state index contributed by atoms with van der Waals surface area (Å²) in [5, 5.41) is 11.0. The molecule has 9 heteroatoms. The molecule has 4 rings (SSSR count). The molecule has 174 valence electrons. The zero-order valence-corrected chi connectivity index (χ0v) is 19.2. The van der Waals surface area contributed by atoms with Gasteiger partial charge in [0.05, 0.1) is 18.9 Å². The van der Waals surface area contributed by atoms with Crippen molar-refractivity contribution in [3.8, 4) is 11.5 Å². The maximum atomic E-state index is 12.7. The lowest BCUT2D eigenvalue weighted by Gasteiger charge is -2.06. The number of carbonyl (C=O) groups is 2. The summed E-state index contributed by atoms with van der Waals surface area (Å²) in [7, 11) is 1.59. The Labute approximate surface area is 198 Å². The van der Waals surface area contributed by atoms with E-state index in [1.807, 2.05) is 24.3 Å². The van der Waals surface area contributed by atoms with Gasteiger partial charge in [-0.1, -0.05) is 24.3 Å². The lowest BCUT2D eigenvalue weighted by Crippen LogP contribution is -2.16. The van der Waals surface area contributed by atoms with E-state index >= 15 is 0 Å². The highest BCUT2D eigenvalue weighted by molar-refractivity contribution is 7.16. The Morgan fingerprint density at radius 1 is 1.09 bits per heavy atom. The number of aromatic nitrogens is 2. The smallest absolute Gasteiger partial charge is 0.307 e. The van der Waals surface area contributed by atoms with E-state index in [-0.39, 0.29) is 36.6 Å². The van der Waals surface area contributed by atoms with E-state index in [4.69, 9.17) is 14.6 Å². The molecule has 2 aromatic carbocycles. The standard InChI is InChI=1S/C25H22N2O6S/c1-32-19-4-2-3-15(11-19)7-10-20(28)23-26-24(31)22-17(14-34-25(22)27-23)13-33-18-8-5-16(6-9-18)12-21(29)30/h2-6,8-9,11,14H,7,10,12-13H2,1H3,(H,29,30)(H,26,27,31). The SMILES string of the molecule is COc1cccc(CCC(=O)c2nc3scc(COc4ccc(CC(=O)O)cc4)c3c(=O)[nH]2)c1. The fourth-order valence-electron chi connectivity index (χ4n) is 3.49. The van der Waals surface area contributed by atoms with Crippen LogP contribution in [0.5, 0.6) is 11.5 Å². The summed E-state index contributed by atoms with van der Waals surface area (Å²) in [5.74, 6) is 0.186. The van der Waals surface area contributed by atoms with E-state index in [9.17, 15) is 14.4 Å². The number of carbonyl (C=O) groups excluding carboxylic acids is 1. The number of rotatable bonds is 10. The molecule has 0 unspecified atom stereocenters. The summed E-state index contributed by atoms with van der Waals surface area (Å²) in [4.78, 5) is 43.6. The van der Waals surface area contributed by atoms with E-state index < -0.39 is 5.97 Å². The number of thiophene rings is 1. The van der Waals surface area contributed by atoms with E-state index in [1.54, 1.807) is 36.8 Å². The van der Waals surface area contributed by atoms with Crippen LogP contribution in [-0.4, -0.2) is 33.9 Å². The number of ether oxygens (including phenoxy) is 2. The molecule has 0 saturated carbocycles. The van der Waals surface area contributed by atoms with Gasteiger partial charge in [0.2, 0.25) is 0 Å². The number of nitrogens with one attached hydrogen (secondary N) is 1. The molecule has 0 spiro atoms. The average Bonchev–Trinajstić information content (AvgIpc) is 3.25. The summed E-state index contributed by atoms with van der Waals surface area (Å²) in [6, 6.07) is 14.2. The van der Waals surface area contributed by atoms with Crippen LogP contribution >= 0.6 is 11.3 Å². The van der Waals surface area contributed by atoms with Gasteiger partial charge in [-0.25, -0.2) is 4.98 Å². The van der Waals surface area contributed by atoms with E-state index in [1.165, 1.54) is 11.3 Å². The van der Waals surface area contributed by atoms with Gasteiger partial charge in [-0.3, -0.25) is 14.4 Å². The van der Waals surface area contributed by atoms with Gasteiger partial charge in [-0.2, -0.15) is 0 Å². The zero-order valence-electron chi connectivity index (χ0n) is 18.4. The Morgan fingerprint density at radius 3 is 2.62 bits per heavy atom. The Hall–Kier alpha value is -3.98. The fraction of sp³-hybridized carbons (Fsp3) is 0.200. The van der Waals surface area contributed by atoms with Crippen molar-refractivity contribution in [1.82, 2.24) is 9.97 Å². The van der Waals surface area contributed by atoms with Crippen LogP contribution in [-0.2, 0) is 24.2 Å². The van der Waals surface area contributed by atoms with Crippen LogP contribution in [0, 0.1) is 0 Å². The van der Waals surface area contributed by atoms with Crippen molar-refractivity contribution in [2.45, 2.75) is 25.9 Å². The zero-order chi connectivity index (χ0) is 24.1. The number of nitrogens with zero attached hydrogens (tertiary/aromatic N) is 1. The second-order valence-corrected chi connectivity index (χ2v) is 8.49. The van der Waals surface area contributed by atoms with Crippen molar-refractivity contribution in [1.29, 1.82) is 0 Å². The highest BCUT2D eigenvalue weighted by Crippen LogP contribution is 2.24. The van der Waals surface area contributed by atoms with E-state index in [2.05, 4.69) is 9.97 Å². The summed E-state index contributed by atoms with van der Waals surface area (Å²) in [6.45, 7) is 0.145. The molecule has 0 aliphatic heterocycles.